The van der Waals surface area contributed by atoms with Crippen molar-refractivity contribution in [2.45, 2.75) is 6.04 Å². The van der Waals surface area contributed by atoms with Gasteiger partial charge in [-0.15, -0.1) is 0 Å². The van der Waals surface area contributed by atoms with Gasteiger partial charge in [0, 0.05) is 34.4 Å². The van der Waals surface area contributed by atoms with Crippen LogP contribution in [0.1, 0.15) is 33.1 Å². The van der Waals surface area contributed by atoms with Crippen molar-refractivity contribution in [3.05, 3.63) is 114 Å². The highest BCUT2D eigenvalue weighted by molar-refractivity contribution is 5.97. The molecule has 1 amide bonds. The number of amides is 1. The van der Waals surface area contributed by atoms with Crippen LogP contribution in [0.15, 0.2) is 91.3 Å². The first-order valence-corrected chi connectivity index (χ1v) is 9.04. The molecule has 5 rings (SSSR count). The van der Waals surface area contributed by atoms with Crippen molar-refractivity contribution >= 4 is 22.9 Å². The number of nitrogens with one attached hydrogen (secondary N) is 1. The third-order valence-corrected chi connectivity index (χ3v) is 5.15. The predicted octanol–water partition coefficient (Wildman–Crippen LogP) is 5.38. The number of fused-ring (bicyclic) bond motifs is 2. The average molecular weight is 350 g/mol. The van der Waals surface area contributed by atoms with Gasteiger partial charge >= 0.3 is 0 Å². The van der Waals surface area contributed by atoms with E-state index in [1.54, 1.807) is 0 Å². The van der Waals surface area contributed by atoms with Gasteiger partial charge in [-0.1, -0.05) is 60.7 Å². The number of carbonyl (C=O) groups excluding carboxylic acids is 1. The van der Waals surface area contributed by atoms with Gasteiger partial charge in [0.1, 0.15) is 0 Å². The van der Waals surface area contributed by atoms with E-state index in [1.807, 2.05) is 78.0 Å². The maximum Gasteiger partial charge on any atom is 0.258 e. The van der Waals surface area contributed by atoms with Gasteiger partial charge in [-0.2, -0.15) is 0 Å². The summed E-state index contributed by atoms with van der Waals surface area (Å²) in [7, 11) is 0. The molecule has 0 saturated carbocycles. The summed E-state index contributed by atoms with van der Waals surface area (Å²) in [4.78, 5) is 18.5. The smallest absolute Gasteiger partial charge is 0.258 e. The molecule has 0 spiro atoms. The molecule has 1 aromatic heterocycles. The van der Waals surface area contributed by atoms with E-state index in [2.05, 4.69) is 29.2 Å². The fraction of sp³-hybridized carbons (Fsp3) is 0.0417. The number of hydrogen-bond acceptors (Lipinski definition) is 1. The monoisotopic (exact) mass is 350 g/mol. The zero-order chi connectivity index (χ0) is 18.2. The van der Waals surface area contributed by atoms with Crippen LogP contribution in [0, 0.1) is 0 Å². The van der Waals surface area contributed by atoms with Crippen molar-refractivity contribution in [3.8, 4) is 0 Å². The summed E-state index contributed by atoms with van der Waals surface area (Å²) >= 11 is 0. The molecular formula is C24H18N2O. The van der Waals surface area contributed by atoms with Crippen molar-refractivity contribution in [2.24, 2.45) is 0 Å². The lowest BCUT2D eigenvalue weighted by Gasteiger charge is -2.33. The number of carbonyl (C=O) groups is 1. The highest BCUT2D eigenvalue weighted by Crippen LogP contribution is 2.39. The average Bonchev–Trinajstić information content (AvgIpc) is 3.17. The number of nitrogens with zero attached hydrogens (tertiary/aromatic N) is 1. The maximum atomic E-state index is 13.3. The van der Waals surface area contributed by atoms with Crippen LogP contribution in [0.2, 0.25) is 0 Å². The van der Waals surface area contributed by atoms with Gasteiger partial charge in [-0.05, 0) is 35.4 Å². The van der Waals surface area contributed by atoms with E-state index in [-0.39, 0.29) is 11.9 Å². The standard InChI is InChI=1S/C24H18N2O/c27-24(18-9-2-1-3-10-18)26-15-14-17-8-4-5-11-19(17)23(26)21-16-25-22-13-7-6-12-20(21)22/h1-16,23,25H/t23-/m1/s1. The minimum absolute atomic E-state index is 0.00312. The molecule has 0 saturated heterocycles. The zero-order valence-electron chi connectivity index (χ0n) is 14.7. The second-order valence-corrected chi connectivity index (χ2v) is 6.72. The molecule has 0 fully saturated rings. The Bertz CT molecular complexity index is 1160. The lowest BCUT2D eigenvalue weighted by molar-refractivity contribution is 0.0788. The van der Waals surface area contributed by atoms with Gasteiger partial charge in [0.15, 0.2) is 0 Å². The first kappa shape index (κ1) is 15.6. The lowest BCUT2D eigenvalue weighted by Crippen LogP contribution is -2.33. The number of aromatic amines is 1. The van der Waals surface area contributed by atoms with E-state index in [4.69, 9.17) is 0 Å². The van der Waals surface area contributed by atoms with E-state index >= 15 is 0 Å². The van der Waals surface area contributed by atoms with Crippen LogP contribution in [0.4, 0.5) is 0 Å². The molecule has 3 heteroatoms. The number of benzene rings is 3. The quantitative estimate of drug-likeness (QED) is 0.517. The molecule has 1 aliphatic rings. The summed E-state index contributed by atoms with van der Waals surface area (Å²) in [6.45, 7) is 0. The van der Waals surface area contributed by atoms with E-state index in [0.717, 1.165) is 27.6 Å². The van der Waals surface area contributed by atoms with E-state index < -0.39 is 0 Å². The Morgan fingerprint density at radius 1 is 0.815 bits per heavy atom. The number of hydrogen-bond donors (Lipinski definition) is 1. The SMILES string of the molecule is O=C(c1ccccc1)N1C=Cc2ccccc2[C@@H]1c1c[nH]c2ccccc12. The summed E-state index contributed by atoms with van der Waals surface area (Å²) in [5, 5.41) is 1.14. The van der Waals surface area contributed by atoms with Crippen molar-refractivity contribution in [1.82, 2.24) is 9.88 Å². The Labute approximate surface area is 157 Å². The zero-order valence-corrected chi connectivity index (χ0v) is 14.7. The molecule has 0 unspecified atom stereocenters. The van der Waals surface area contributed by atoms with Crippen molar-refractivity contribution in [2.75, 3.05) is 0 Å². The highest BCUT2D eigenvalue weighted by Gasteiger charge is 2.31. The number of H-pyrrole nitrogens is 1. The van der Waals surface area contributed by atoms with Gasteiger partial charge < -0.3 is 9.88 Å². The minimum Gasteiger partial charge on any atom is -0.361 e. The van der Waals surface area contributed by atoms with E-state index in [1.165, 1.54) is 0 Å². The molecule has 130 valence electrons. The molecule has 0 radical (unpaired) electrons. The highest BCUT2D eigenvalue weighted by atomic mass is 16.2. The Morgan fingerprint density at radius 2 is 1.56 bits per heavy atom. The van der Waals surface area contributed by atoms with Crippen LogP contribution in [-0.4, -0.2) is 15.8 Å². The van der Waals surface area contributed by atoms with Crippen LogP contribution >= 0.6 is 0 Å². The number of aromatic nitrogens is 1. The fourth-order valence-corrected chi connectivity index (χ4v) is 3.86. The van der Waals surface area contributed by atoms with Crippen LogP contribution < -0.4 is 0 Å². The van der Waals surface area contributed by atoms with Gasteiger partial charge in [-0.25, -0.2) is 0 Å². The largest absolute Gasteiger partial charge is 0.361 e. The molecule has 0 bridgehead atoms. The van der Waals surface area contributed by atoms with E-state index in [9.17, 15) is 4.79 Å². The molecule has 1 N–H and O–H groups in total. The van der Waals surface area contributed by atoms with E-state index in [0.29, 0.717) is 5.56 Å². The first-order chi connectivity index (χ1) is 13.3. The number of rotatable bonds is 2. The fourth-order valence-electron chi connectivity index (χ4n) is 3.86. The lowest BCUT2D eigenvalue weighted by atomic mass is 9.90. The molecule has 1 aliphatic heterocycles. The molecule has 0 aliphatic carbocycles. The summed E-state index contributed by atoms with van der Waals surface area (Å²) in [6, 6.07) is 25.8. The maximum absolute atomic E-state index is 13.3. The number of para-hydroxylation sites is 1. The Kier molecular flexibility index (Phi) is 3.65. The predicted molar refractivity (Wildman–Crippen MR) is 108 cm³/mol. The second-order valence-electron chi connectivity index (χ2n) is 6.72. The van der Waals surface area contributed by atoms with Gasteiger partial charge in [0.05, 0.1) is 6.04 Å². The summed E-state index contributed by atoms with van der Waals surface area (Å²) in [6.07, 6.45) is 5.95. The van der Waals surface area contributed by atoms with Crippen molar-refractivity contribution in [1.29, 1.82) is 0 Å². The van der Waals surface area contributed by atoms with Gasteiger partial charge in [-0.3, -0.25) is 4.79 Å². The summed E-state index contributed by atoms with van der Waals surface area (Å²) < 4.78 is 0. The van der Waals surface area contributed by atoms with Crippen molar-refractivity contribution < 1.29 is 4.79 Å². The topological polar surface area (TPSA) is 36.1 Å². The second kappa shape index (κ2) is 6.29. The Morgan fingerprint density at radius 3 is 2.44 bits per heavy atom. The summed E-state index contributed by atoms with van der Waals surface area (Å²) in [5.41, 5.74) is 5.14. The Hall–Kier alpha value is -3.59. The molecule has 3 nitrogen and oxygen atoms in total. The minimum atomic E-state index is -0.171. The van der Waals surface area contributed by atoms with Gasteiger partial charge in [0.2, 0.25) is 0 Å². The molecule has 4 aromatic rings. The van der Waals surface area contributed by atoms with Crippen LogP contribution in [0.5, 0.6) is 0 Å². The third-order valence-electron chi connectivity index (χ3n) is 5.15. The van der Waals surface area contributed by atoms with Crippen LogP contribution in [-0.2, 0) is 0 Å². The van der Waals surface area contributed by atoms with Crippen molar-refractivity contribution in [3.63, 3.8) is 0 Å². The van der Waals surface area contributed by atoms with Gasteiger partial charge in [0.25, 0.3) is 5.91 Å². The van der Waals surface area contributed by atoms with Crippen LogP contribution in [0.3, 0.4) is 0 Å². The van der Waals surface area contributed by atoms with Crippen LogP contribution in [0.25, 0.3) is 17.0 Å². The molecular weight excluding hydrogens is 332 g/mol. The summed E-state index contributed by atoms with van der Waals surface area (Å²) in [5.74, 6) is -0.00312. The Balaban J connectivity index is 1.70. The molecule has 27 heavy (non-hydrogen) atoms. The third kappa shape index (κ3) is 2.56. The normalized spacial score (nSPS) is 15.7. The molecule has 1 atom stereocenters. The molecule has 2 heterocycles. The first-order valence-electron chi connectivity index (χ1n) is 9.04. The molecule has 3 aromatic carbocycles.